The monoisotopic (exact) mass is 819 g/mol. The number of hydrogen-bond donors (Lipinski definition) is 4. The molecule has 2 aromatic heterocycles. The van der Waals surface area contributed by atoms with Gasteiger partial charge in [0.05, 0.1) is 30.1 Å². The summed E-state index contributed by atoms with van der Waals surface area (Å²) in [7, 11) is 1.43. The molecule has 1 aliphatic rings. The molecule has 1 saturated heterocycles. The number of nitrogens with zero attached hydrogens (tertiary/aromatic N) is 4. The van der Waals surface area contributed by atoms with Crippen molar-refractivity contribution >= 4 is 23.9 Å². The number of rotatable bonds is 17. The van der Waals surface area contributed by atoms with Crippen LogP contribution in [0.2, 0.25) is 0 Å². The molecule has 1 fully saturated rings. The molecule has 0 bridgehead atoms. The van der Waals surface area contributed by atoms with Gasteiger partial charge in [0, 0.05) is 49.0 Å². The minimum absolute atomic E-state index is 0.0484. The highest BCUT2D eigenvalue weighted by Crippen LogP contribution is 2.31. The zero-order valence-corrected chi connectivity index (χ0v) is 36.1. The number of carbonyl (C=O) groups is 4. The molecule has 3 heterocycles. The summed E-state index contributed by atoms with van der Waals surface area (Å²) in [5.41, 5.74) is 3.12. The van der Waals surface area contributed by atoms with Crippen molar-refractivity contribution in [3.63, 3.8) is 0 Å². The number of hydrogen-bond acceptors (Lipinski definition) is 8. The molecule has 13 nitrogen and oxygen atoms in total. The van der Waals surface area contributed by atoms with Crippen LogP contribution in [0.25, 0.3) is 11.3 Å². The number of aryl methyl sites for hydroxylation is 1. The van der Waals surface area contributed by atoms with Crippen LogP contribution in [0, 0.1) is 18.3 Å². The molecule has 0 aliphatic carbocycles. The average Bonchev–Trinajstić information content (AvgIpc) is 3.58. The second-order valence-electron chi connectivity index (χ2n) is 17.2. The number of alkyl carbamates (subject to hydrolysis) is 1. The highest BCUT2D eigenvalue weighted by molar-refractivity contribution is 5.92. The summed E-state index contributed by atoms with van der Waals surface area (Å²) in [6.07, 6.45) is -0.641. The van der Waals surface area contributed by atoms with Crippen molar-refractivity contribution in [2.45, 2.75) is 104 Å². The predicted octanol–water partition coefficient (Wildman–Crippen LogP) is 6.08. The van der Waals surface area contributed by atoms with Crippen molar-refractivity contribution in [2.75, 3.05) is 20.1 Å². The number of ether oxygens (including phenoxy) is 1. The van der Waals surface area contributed by atoms with Gasteiger partial charge in [-0.15, -0.1) is 0 Å². The fourth-order valence-corrected chi connectivity index (χ4v) is 7.55. The molecule has 4 N–H and O–H groups in total. The van der Waals surface area contributed by atoms with Gasteiger partial charge in [0.15, 0.2) is 6.10 Å². The Morgan fingerprint density at radius 2 is 1.53 bits per heavy atom. The maximum atomic E-state index is 14.8. The van der Waals surface area contributed by atoms with Gasteiger partial charge in [-0.3, -0.25) is 19.6 Å². The number of aliphatic hydroxyl groups excluding tert-OH is 1. The maximum Gasteiger partial charge on any atom is 0.407 e. The van der Waals surface area contributed by atoms with Crippen LogP contribution in [-0.4, -0.2) is 98.8 Å². The topological polar surface area (TPSA) is 166 Å². The van der Waals surface area contributed by atoms with Gasteiger partial charge in [0.1, 0.15) is 5.54 Å². The molecular formula is C47H61N7O6. The molecule has 1 aliphatic heterocycles. The van der Waals surface area contributed by atoms with E-state index in [-0.39, 0.29) is 24.8 Å². The Balaban J connectivity index is 1.44. The van der Waals surface area contributed by atoms with Crippen molar-refractivity contribution in [3.8, 4) is 11.3 Å². The first kappa shape index (κ1) is 45.3. The second-order valence-corrected chi connectivity index (χ2v) is 17.2. The average molecular weight is 820 g/mol. The minimum Gasteiger partial charge on any atom is -0.436 e. The zero-order valence-electron chi connectivity index (χ0n) is 36.1. The Morgan fingerprint density at radius 1 is 0.850 bits per heavy atom. The number of amides is 5. The summed E-state index contributed by atoms with van der Waals surface area (Å²) in [5.74, 6) is -1.20. The molecule has 5 rings (SSSR count). The number of benzene rings is 2. The fourth-order valence-electron chi connectivity index (χ4n) is 7.55. The van der Waals surface area contributed by atoms with Gasteiger partial charge in [-0.05, 0) is 74.4 Å². The first-order chi connectivity index (χ1) is 28.5. The molecule has 5 unspecified atom stereocenters. The SMILES string of the molecule is CNC(=O)OC(C(=O)NC(Cc1ccccc1)CC(O)C(Cc1ccc(-c2ccccn2)cc1)NC(=O)C(C)(C(C)C)N1CCN(Cc2cccc(C)n2)C1=O)C(C)(C)C. The van der Waals surface area contributed by atoms with E-state index in [1.54, 1.807) is 22.9 Å². The second kappa shape index (κ2) is 20.0. The largest absolute Gasteiger partial charge is 0.436 e. The van der Waals surface area contributed by atoms with Gasteiger partial charge in [0.2, 0.25) is 5.91 Å². The third-order valence-corrected chi connectivity index (χ3v) is 11.3. The first-order valence-electron chi connectivity index (χ1n) is 20.7. The lowest BCUT2D eigenvalue weighted by Crippen LogP contribution is -2.63. The van der Waals surface area contributed by atoms with Gasteiger partial charge in [-0.25, -0.2) is 9.59 Å². The highest BCUT2D eigenvalue weighted by Gasteiger charge is 2.49. The normalized spacial score (nSPS) is 16.1. The maximum absolute atomic E-state index is 14.8. The number of aromatic nitrogens is 2. The standard InChI is InChI=1S/C47H61N7O6/c1-31(2)47(7,54-26-25-53(45(54)59)30-36-18-14-15-32(3)50-36)43(57)52-39(28-34-20-22-35(23-21-34)38-19-12-13-24-49-38)40(55)29-37(27-33-16-10-9-11-17-33)51-42(56)41(46(4,5)6)60-44(58)48-8/h9-24,31,37,39-41,55H,25-30H2,1-8H3,(H,48,58)(H,51,56)(H,52,57). The summed E-state index contributed by atoms with van der Waals surface area (Å²) in [4.78, 5) is 67.5. The third-order valence-electron chi connectivity index (χ3n) is 11.3. The van der Waals surface area contributed by atoms with Crippen LogP contribution < -0.4 is 16.0 Å². The van der Waals surface area contributed by atoms with Crippen LogP contribution in [-0.2, 0) is 33.7 Å². The molecule has 60 heavy (non-hydrogen) atoms. The van der Waals surface area contributed by atoms with Crippen molar-refractivity contribution in [3.05, 3.63) is 120 Å². The van der Waals surface area contributed by atoms with E-state index in [9.17, 15) is 24.3 Å². The molecular weight excluding hydrogens is 759 g/mol. The predicted molar refractivity (Wildman–Crippen MR) is 232 cm³/mol. The van der Waals surface area contributed by atoms with E-state index in [2.05, 4.69) is 25.9 Å². The number of carbonyl (C=O) groups excluding carboxylic acids is 4. The van der Waals surface area contributed by atoms with Crippen LogP contribution >= 0.6 is 0 Å². The Kier molecular flexibility index (Phi) is 15.1. The number of aliphatic hydroxyl groups is 1. The molecule has 13 heteroatoms. The Bertz CT molecular complexity index is 2060. The molecule has 0 saturated carbocycles. The van der Waals surface area contributed by atoms with Crippen LogP contribution in [0.3, 0.4) is 0 Å². The van der Waals surface area contributed by atoms with E-state index in [0.29, 0.717) is 26.1 Å². The molecule has 320 valence electrons. The quantitative estimate of drug-likeness (QED) is 0.0996. The van der Waals surface area contributed by atoms with Crippen LogP contribution in [0.1, 0.15) is 70.5 Å². The van der Waals surface area contributed by atoms with Crippen LogP contribution in [0.4, 0.5) is 9.59 Å². The Hall–Kier alpha value is -5.82. The highest BCUT2D eigenvalue weighted by atomic mass is 16.6. The molecule has 0 radical (unpaired) electrons. The van der Waals surface area contributed by atoms with E-state index in [4.69, 9.17) is 4.74 Å². The van der Waals surface area contributed by atoms with Crippen LogP contribution in [0.5, 0.6) is 0 Å². The molecule has 5 atom stereocenters. The summed E-state index contributed by atoms with van der Waals surface area (Å²) in [5, 5.41) is 21.0. The summed E-state index contributed by atoms with van der Waals surface area (Å²) >= 11 is 0. The minimum atomic E-state index is -1.28. The Labute approximate surface area is 354 Å². The van der Waals surface area contributed by atoms with Gasteiger partial charge in [-0.1, -0.05) is 101 Å². The van der Waals surface area contributed by atoms with Crippen molar-refractivity contribution < 1.29 is 29.0 Å². The van der Waals surface area contributed by atoms with E-state index >= 15 is 0 Å². The fraction of sp³-hybridized carbons (Fsp3) is 0.447. The van der Waals surface area contributed by atoms with Crippen molar-refractivity contribution in [1.82, 2.24) is 35.7 Å². The number of urea groups is 1. The number of pyridine rings is 2. The first-order valence-corrected chi connectivity index (χ1v) is 20.7. The molecule has 4 aromatic rings. The lowest BCUT2D eigenvalue weighted by molar-refractivity contribution is -0.136. The smallest absolute Gasteiger partial charge is 0.407 e. The Morgan fingerprint density at radius 3 is 2.15 bits per heavy atom. The van der Waals surface area contributed by atoms with E-state index in [0.717, 1.165) is 33.8 Å². The van der Waals surface area contributed by atoms with Crippen molar-refractivity contribution in [2.24, 2.45) is 11.3 Å². The van der Waals surface area contributed by atoms with Crippen molar-refractivity contribution in [1.29, 1.82) is 0 Å². The summed E-state index contributed by atoms with van der Waals surface area (Å²) in [6.45, 7) is 14.0. The summed E-state index contributed by atoms with van der Waals surface area (Å²) in [6, 6.07) is 27.1. The molecule has 2 aromatic carbocycles. The van der Waals surface area contributed by atoms with Gasteiger partial charge >= 0.3 is 12.1 Å². The van der Waals surface area contributed by atoms with Gasteiger partial charge in [-0.2, -0.15) is 0 Å². The zero-order chi connectivity index (χ0) is 43.6. The lowest BCUT2D eigenvalue weighted by atomic mass is 9.84. The lowest BCUT2D eigenvalue weighted by Gasteiger charge is -2.42. The summed E-state index contributed by atoms with van der Waals surface area (Å²) < 4.78 is 5.54. The molecule has 5 amide bonds. The van der Waals surface area contributed by atoms with E-state index < -0.39 is 53.2 Å². The van der Waals surface area contributed by atoms with Gasteiger partial charge in [0.25, 0.3) is 5.91 Å². The van der Waals surface area contributed by atoms with E-state index in [1.807, 2.05) is 133 Å². The van der Waals surface area contributed by atoms with Gasteiger partial charge < -0.3 is 35.6 Å². The molecule has 0 spiro atoms. The number of nitrogens with one attached hydrogen (secondary N) is 3. The third kappa shape index (κ3) is 11.5. The van der Waals surface area contributed by atoms with Crippen LogP contribution in [0.15, 0.2) is 97.2 Å². The van der Waals surface area contributed by atoms with E-state index in [1.165, 1.54) is 7.05 Å².